The van der Waals surface area contributed by atoms with Crippen molar-refractivity contribution in [2.24, 2.45) is 0 Å². The minimum absolute atomic E-state index is 0.148. The molecular formula is C21H23F3N6O2. The van der Waals surface area contributed by atoms with Gasteiger partial charge in [-0.25, -0.2) is 23.7 Å². The van der Waals surface area contributed by atoms with E-state index in [0.29, 0.717) is 16.9 Å². The number of nitrogens with one attached hydrogen (secondary N) is 3. The average Bonchev–Trinajstić information content (AvgIpc) is 3.20. The van der Waals surface area contributed by atoms with Crippen LogP contribution in [-0.2, 0) is 0 Å². The fourth-order valence-corrected chi connectivity index (χ4v) is 3.75. The van der Waals surface area contributed by atoms with E-state index in [1.54, 1.807) is 6.92 Å². The summed E-state index contributed by atoms with van der Waals surface area (Å²) in [5.41, 5.74) is 0.303. The number of halogens is 3. The van der Waals surface area contributed by atoms with Crippen molar-refractivity contribution in [1.82, 2.24) is 19.9 Å². The van der Waals surface area contributed by atoms with Crippen LogP contribution >= 0.6 is 0 Å². The molecule has 1 aliphatic carbocycles. The van der Waals surface area contributed by atoms with Crippen molar-refractivity contribution >= 4 is 28.5 Å². The van der Waals surface area contributed by atoms with Gasteiger partial charge in [0.15, 0.2) is 5.78 Å². The summed E-state index contributed by atoms with van der Waals surface area (Å²) in [6.45, 7) is 1.59. The number of aromatic amines is 1. The largest absolute Gasteiger partial charge is 0.394 e. The summed E-state index contributed by atoms with van der Waals surface area (Å²) in [5.74, 6) is -3.71. The third-order valence-electron chi connectivity index (χ3n) is 5.53. The Hall–Kier alpha value is -3.21. The topological polar surface area (TPSA) is 116 Å². The second-order valence-corrected chi connectivity index (χ2v) is 8.01. The van der Waals surface area contributed by atoms with Crippen molar-refractivity contribution in [1.29, 1.82) is 0 Å². The van der Waals surface area contributed by atoms with E-state index >= 15 is 0 Å². The lowest BCUT2D eigenvalue weighted by Gasteiger charge is -2.29. The summed E-state index contributed by atoms with van der Waals surface area (Å²) >= 11 is 0. The van der Waals surface area contributed by atoms with Gasteiger partial charge in [0.2, 0.25) is 11.9 Å². The van der Waals surface area contributed by atoms with E-state index in [0.717, 1.165) is 0 Å². The third kappa shape index (κ3) is 4.52. The third-order valence-corrected chi connectivity index (χ3v) is 5.53. The number of carbonyl (C=O) groups is 1. The number of aromatic nitrogens is 4. The Labute approximate surface area is 181 Å². The van der Waals surface area contributed by atoms with Gasteiger partial charge in [0, 0.05) is 31.1 Å². The highest BCUT2D eigenvalue weighted by Crippen LogP contribution is 2.34. The smallest absolute Gasteiger partial charge is 0.248 e. The van der Waals surface area contributed by atoms with Gasteiger partial charge in [-0.2, -0.15) is 4.39 Å². The number of alkyl halides is 2. The minimum Gasteiger partial charge on any atom is -0.394 e. The number of hydrogen-bond acceptors (Lipinski definition) is 7. The molecule has 0 bridgehead atoms. The summed E-state index contributed by atoms with van der Waals surface area (Å²) < 4.78 is 41.4. The van der Waals surface area contributed by atoms with Gasteiger partial charge in [-0.15, -0.1) is 0 Å². The molecule has 4 rings (SSSR count). The molecule has 0 aliphatic heterocycles. The van der Waals surface area contributed by atoms with Crippen LogP contribution in [0.3, 0.4) is 0 Å². The van der Waals surface area contributed by atoms with Gasteiger partial charge in [0.05, 0.1) is 23.1 Å². The fourth-order valence-electron chi connectivity index (χ4n) is 3.75. The Bertz CT molecular complexity index is 1130. The van der Waals surface area contributed by atoms with Crippen molar-refractivity contribution < 1.29 is 23.1 Å². The lowest BCUT2D eigenvalue weighted by Crippen LogP contribution is -2.32. The number of anilines is 2. The first-order valence-electron chi connectivity index (χ1n) is 10.3. The SMILES string of the molecule is CC(CO)Nc1ncnc2[nH]cc(C(=O)c3ccc(NC4CCC(F)(F)CC4)nc3F)c12. The molecule has 11 heteroatoms. The van der Waals surface area contributed by atoms with Crippen LogP contribution in [0.1, 0.15) is 48.5 Å². The maximum atomic E-state index is 14.8. The van der Waals surface area contributed by atoms with E-state index in [9.17, 15) is 23.1 Å². The molecular weight excluding hydrogens is 425 g/mol. The Morgan fingerprint density at radius 2 is 2.03 bits per heavy atom. The molecule has 4 N–H and O–H groups in total. The van der Waals surface area contributed by atoms with E-state index in [4.69, 9.17) is 0 Å². The second-order valence-electron chi connectivity index (χ2n) is 8.01. The molecule has 3 aromatic rings. The number of ketones is 1. The second kappa shape index (κ2) is 8.73. The van der Waals surface area contributed by atoms with Crippen LogP contribution in [0, 0.1) is 5.95 Å². The molecule has 0 amide bonds. The number of aliphatic hydroxyl groups excluding tert-OH is 1. The maximum absolute atomic E-state index is 14.8. The molecule has 1 atom stereocenters. The fraction of sp³-hybridized carbons (Fsp3) is 0.429. The lowest BCUT2D eigenvalue weighted by atomic mass is 9.92. The highest BCUT2D eigenvalue weighted by atomic mass is 19.3. The molecule has 1 saturated carbocycles. The van der Waals surface area contributed by atoms with Gasteiger partial charge >= 0.3 is 0 Å². The predicted molar refractivity (Wildman–Crippen MR) is 113 cm³/mol. The van der Waals surface area contributed by atoms with Gasteiger partial charge in [-0.3, -0.25) is 4.79 Å². The van der Waals surface area contributed by atoms with Crippen molar-refractivity contribution in [3.8, 4) is 0 Å². The van der Waals surface area contributed by atoms with Crippen molar-refractivity contribution in [3.63, 3.8) is 0 Å². The number of aliphatic hydroxyl groups is 1. The number of nitrogens with zero attached hydrogens (tertiary/aromatic N) is 3. The summed E-state index contributed by atoms with van der Waals surface area (Å²) in [6, 6.07) is 2.23. The first-order chi connectivity index (χ1) is 15.3. The van der Waals surface area contributed by atoms with E-state index in [1.807, 2.05) is 0 Å². The maximum Gasteiger partial charge on any atom is 0.248 e. The molecule has 1 aliphatic rings. The highest BCUT2D eigenvalue weighted by Gasteiger charge is 2.35. The minimum atomic E-state index is -2.65. The molecule has 0 aromatic carbocycles. The number of H-pyrrole nitrogens is 1. The van der Waals surface area contributed by atoms with E-state index in [-0.39, 0.29) is 61.3 Å². The highest BCUT2D eigenvalue weighted by molar-refractivity contribution is 6.18. The van der Waals surface area contributed by atoms with Gasteiger partial charge in [-0.05, 0) is 31.9 Å². The average molecular weight is 448 g/mol. The van der Waals surface area contributed by atoms with Crippen molar-refractivity contribution in [2.75, 3.05) is 17.2 Å². The molecule has 1 fully saturated rings. The van der Waals surface area contributed by atoms with Gasteiger partial charge in [-0.1, -0.05) is 0 Å². The van der Waals surface area contributed by atoms with Gasteiger partial charge < -0.3 is 20.7 Å². The summed E-state index contributed by atoms with van der Waals surface area (Å²) in [4.78, 5) is 28.0. The molecule has 8 nitrogen and oxygen atoms in total. The Morgan fingerprint density at radius 1 is 1.28 bits per heavy atom. The number of pyridine rings is 1. The monoisotopic (exact) mass is 448 g/mol. The molecule has 0 spiro atoms. The standard InChI is InChI=1S/C21H23F3N6O2/c1-11(9-31)28-20-16-14(8-25-19(16)26-10-27-20)17(32)13-2-3-15(30-18(13)22)29-12-4-6-21(23,24)7-5-12/h2-3,8,10-12,31H,4-7,9H2,1H3,(H,29,30)(H2,25,26,27,28). The zero-order valence-electron chi connectivity index (χ0n) is 17.3. The molecule has 0 saturated heterocycles. The van der Waals surface area contributed by atoms with Gasteiger partial charge in [0.1, 0.15) is 23.6 Å². The zero-order valence-corrected chi connectivity index (χ0v) is 17.3. The molecule has 1 unspecified atom stereocenters. The molecule has 170 valence electrons. The predicted octanol–water partition coefficient (Wildman–Crippen LogP) is 3.51. The van der Waals surface area contributed by atoms with Crippen molar-refractivity contribution in [2.45, 2.75) is 50.6 Å². The van der Waals surface area contributed by atoms with E-state index in [2.05, 4.69) is 30.6 Å². The van der Waals surface area contributed by atoms with Crippen LogP contribution in [0.4, 0.5) is 24.8 Å². The quantitative estimate of drug-likeness (QED) is 0.323. The molecule has 3 aromatic heterocycles. The van der Waals surface area contributed by atoms with E-state index < -0.39 is 17.7 Å². The van der Waals surface area contributed by atoms with Crippen LogP contribution in [0.2, 0.25) is 0 Å². The normalized spacial score (nSPS) is 17.3. The van der Waals surface area contributed by atoms with Crippen LogP contribution in [0.5, 0.6) is 0 Å². The van der Waals surface area contributed by atoms with E-state index in [1.165, 1.54) is 24.7 Å². The Balaban J connectivity index is 1.57. The molecule has 3 heterocycles. The van der Waals surface area contributed by atoms with Crippen molar-refractivity contribution in [3.05, 3.63) is 41.7 Å². The Kier molecular flexibility index (Phi) is 6.00. The zero-order chi connectivity index (χ0) is 22.9. The lowest BCUT2D eigenvalue weighted by molar-refractivity contribution is -0.0361. The summed E-state index contributed by atoms with van der Waals surface area (Å²) in [5, 5.41) is 15.6. The number of rotatable bonds is 7. The first-order valence-corrected chi connectivity index (χ1v) is 10.3. The number of hydrogen-bond donors (Lipinski definition) is 4. The van der Waals surface area contributed by atoms with Gasteiger partial charge in [0.25, 0.3) is 0 Å². The number of carbonyl (C=O) groups excluding carboxylic acids is 1. The number of fused-ring (bicyclic) bond motifs is 1. The summed E-state index contributed by atoms with van der Waals surface area (Å²) in [6.07, 6.45) is 2.80. The summed E-state index contributed by atoms with van der Waals surface area (Å²) in [7, 11) is 0. The van der Waals surface area contributed by atoms with Crippen LogP contribution < -0.4 is 10.6 Å². The van der Waals surface area contributed by atoms with Crippen LogP contribution in [0.15, 0.2) is 24.7 Å². The molecule has 0 radical (unpaired) electrons. The molecule has 32 heavy (non-hydrogen) atoms. The van der Waals surface area contributed by atoms with Crippen LogP contribution in [0.25, 0.3) is 11.0 Å². The first kappa shape index (κ1) is 22.0. The Morgan fingerprint density at radius 3 is 2.72 bits per heavy atom. The van der Waals surface area contributed by atoms with Crippen LogP contribution in [-0.4, -0.2) is 55.4 Å².